The van der Waals surface area contributed by atoms with Crippen molar-refractivity contribution in [2.75, 3.05) is 37.4 Å². The van der Waals surface area contributed by atoms with Crippen molar-refractivity contribution in [3.8, 4) is 0 Å². The Labute approximate surface area is 115 Å². The summed E-state index contributed by atoms with van der Waals surface area (Å²) in [4.78, 5) is 0. The molecule has 0 heterocycles. The first kappa shape index (κ1) is 16.6. The zero-order chi connectivity index (χ0) is 15.6. The van der Waals surface area contributed by atoms with Crippen molar-refractivity contribution in [3.05, 3.63) is 23.8 Å². The molecule has 0 spiro atoms. The lowest BCUT2D eigenvalue weighted by atomic mass is 10.1. The Morgan fingerprint density at radius 3 is 2.40 bits per heavy atom. The van der Waals surface area contributed by atoms with Gasteiger partial charge in [0.05, 0.1) is 11.3 Å². The van der Waals surface area contributed by atoms with E-state index >= 15 is 0 Å². The van der Waals surface area contributed by atoms with Crippen LogP contribution in [-0.4, -0.2) is 39.1 Å². The Bertz CT molecular complexity index is 571. The van der Waals surface area contributed by atoms with Crippen LogP contribution in [-0.2, 0) is 16.2 Å². The molecule has 0 aliphatic carbocycles. The molecule has 0 amide bonds. The molecule has 3 N–H and O–H groups in total. The molecule has 1 aromatic carbocycles. The van der Waals surface area contributed by atoms with Crippen molar-refractivity contribution >= 4 is 21.4 Å². The van der Waals surface area contributed by atoms with E-state index < -0.39 is 21.8 Å². The third-order valence-electron chi connectivity index (χ3n) is 2.58. The van der Waals surface area contributed by atoms with Gasteiger partial charge in [-0.3, -0.25) is 0 Å². The van der Waals surface area contributed by atoms with Crippen LogP contribution >= 0.6 is 0 Å². The van der Waals surface area contributed by atoms with Gasteiger partial charge in [-0.15, -0.1) is 0 Å². The third kappa shape index (κ3) is 4.27. The maximum atomic E-state index is 12.8. The fraction of sp³-hybridized carbons (Fsp3) is 0.455. The molecule has 0 fully saturated rings. The topological polar surface area (TPSA) is 75.4 Å². The average Bonchev–Trinajstić information content (AvgIpc) is 2.29. The van der Waals surface area contributed by atoms with Gasteiger partial charge in [0.2, 0.25) is 10.0 Å². The maximum absolute atomic E-state index is 12.8. The van der Waals surface area contributed by atoms with Crippen LogP contribution in [0.5, 0.6) is 0 Å². The van der Waals surface area contributed by atoms with Crippen molar-refractivity contribution in [1.82, 2.24) is 4.31 Å². The maximum Gasteiger partial charge on any atom is 0.418 e. The molecule has 1 rings (SSSR count). The molecule has 9 heteroatoms. The first-order chi connectivity index (χ1) is 9.04. The highest BCUT2D eigenvalue weighted by Gasteiger charge is 2.33. The van der Waals surface area contributed by atoms with Crippen LogP contribution < -0.4 is 11.1 Å². The van der Waals surface area contributed by atoms with E-state index in [1.54, 1.807) is 0 Å². The summed E-state index contributed by atoms with van der Waals surface area (Å²) in [5.41, 5.74) is 4.21. The smallest absolute Gasteiger partial charge is 0.399 e. The predicted octanol–water partition coefficient (Wildman–Crippen LogP) is 1.59. The van der Waals surface area contributed by atoms with Gasteiger partial charge >= 0.3 is 6.18 Å². The highest BCUT2D eigenvalue weighted by molar-refractivity contribution is 7.89. The number of hydrogen-bond donors (Lipinski definition) is 2. The van der Waals surface area contributed by atoms with Crippen LogP contribution in [0.25, 0.3) is 0 Å². The highest BCUT2D eigenvalue weighted by Crippen LogP contribution is 2.35. The Morgan fingerprint density at radius 1 is 1.30 bits per heavy atom. The second-order valence-electron chi connectivity index (χ2n) is 4.33. The average molecular weight is 311 g/mol. The van der Waals surface area contributed by atoms with E-state index in [4.69, 9.17) is 5.73 Å². The van der Waals surface area contributed by atoms with Crippen LogP contribution in [0.1, 0.15) is 5.56 Å². The number of hydrogen-bond acceptors (Lipinski definition) is 4. The van der Waals surface area contributed by atoms with Crippen LogP contribution in [0.15, 0.2) is 18.2 Å². The monoisotopic (exact) mass is 311 g/mol. The quantitative estimate of drug-likeness (QED) is 0.810. The van der Waals surface area contributed by atoms with E-state index in [-0.39, 0.29) is 23.7 Å². The minimum Gasteiger partial charge on any atom is -0.399 e. The SMILES string of the molecule is CN(C)S(=O)(=O)CCNc1ccc(N)cc1C(F)(F)F. The van der Waals surface area contributed by atoms with Crippen LogP contribution in [0.2, 0.25) is 0 Å². The van der Waals surface area contributed by atoms with E-state index in [9.17, 15) is 21.6 Å². The fourth-order valence-corrected chi connectivity index (χ4v) is 2.17. The van der Waals surface area contributed by atoms with Gasteiger partial charge in [0, 0.05) is 32.0 Å². The number of halogens is 3. The van der Waals surface area contributed by atoms with Crippen LogP contribution in [0.3, 0.4) is 0 Å². The molecular formula is C11H16F3N3O2S. The Balaban J connectivity index is 2.84. The minimum absolute atomic E-state index is 0.0104. The van der Waals surface area contributed by atoms with Crippen molar-refractivity contribution in [2.45, 2.75) is 6.18 Å². The second-order valence-corrected chi connectivity index (χ2v) is 6.63. The number of nitrogens with one attached hydrogen (secondary N) is 1. The summed E-state index contributed by atoms with van der Waals surface area (Å²) < 4.78 is 62.4. The lowest BCUT2D eigenvalue weighted by Gasteiger charge is -2.16. The van der Waals surface area contributed by atoms with Gasteiger partial charge in [-0.2, -0.15) is 13.2 Å². The summed E-state index contributed by atoms with van der Waals surface area (Å²) in [6.07, 6.45) is -4.56. The molecule has 1 aromatic rings. The zero-order valence-corrected chi connectivity index (χ0v) is 11.8. The second kappa shape index (κ2) is 5.88. The number of anilines is 2. The number of alkyl halides is 3. The van der Waals surface area contributed by atoms with Crippen molar-refractivity contribution in [3.63, 3.8) is 0 Å². The van der Waals surface area contributed by atoms with Gasteiger partial charge in [-0.1, -0.05) is 0 Å². The molecule has 0 unspecified atom stereocenters. The number of nitrogens with two attached hydrogens (primary N) is 1. The van der Waals surface area contributed by atoms with Crippen molar-refractivity contribution in [2.24, 2.45) is 0 Å². The van der Waals surface area contributed by atoms with E-state index in [1.165, 1.54) is 26.2 Å². The molecule has 0 aliphatic heterocycles. The van der Waals surface area contributed by atoms with Gasteiger partial charge < -0.3 is 11.1 Å². The Hall–Kier alpha value is -1.48. The summed E-state index contributed by atoms with van der Waals surface area (Å²) in [5.74, 6) is -0.304. The molecule has 0 bridgehead atoms. The first-order valence-electron chi connectivity index (χ1n) is 5.65. The first-order valence-corrected chi connectivity index (χ1v) is 7.26. The molecule has 0 radical (unpaired) electrons. The molecular weight excluding hydrogens is 295 g/mol. The van der Waals surface area contributed by atoms with E-state index in [2.05, 4.69) is 5.32 Å². The normalized spacial score (nSPS) is 12.7. The third-order valence-corrected chi connectivity index (χ3v) is 4.41. The number of nitrogens with zero attached hydrogens (tertiary/aromatic N) is 1. The van der Waals surface area contributed by atoms with Crippen LogP contribution in [0.4, 0.5) is 24.5 Å². The molecule has 0 saturated carbocycles. The van der Waals surface area contributed by atoms with E-state index in [1.807, 2.05) is 0 Å². The Kier molecular flexibility index (Phi) is 4.87. The lowest BCUT2D eigenvalue weighted by molar-refractivity contribution is -0.136. The number of sulfonamides is 1. The number of nitrogen functional groups attached to an aromatic ring is 1. The zero-order valence-electron chi connectivity index (χ0n) is 11.0. The lowest BCUT2D eigenvalue weighted by Crippen LogP contribution is -2.28. The molecule has 5 nitrogen and oxygen atoms in total. The summed E-state index contributed by atoms with van der Waals surface area (Å²) >= 11 is 0. The van der Waals surface area contributed by atoms with Crippen molar-refractivity contribution < 1.29 is 21.6 Å². The standard InChI is InChI=1S/C11H16F3N3O2S/c1-17(2)20(18,19)6-5-16-10-4-3-8(15)7-9(10)11(12,13)14/h3-4,7,16H,5-6,15H2,1-2H3. The Morgan fingerprint density at radius 2 is 1.90 bits per heavy atom. The molecule has 20 heavy (non-hydrogen) atoms. The van der Waals surface area contributed by atoms with Gasteiger partial charge in [0.1, 0.15) is 0 Å². The van der Waals surface area contributed by atoms with Gasteiger partial charge in [0.25, 0.3) is 0 Å². The number of benzene rings is 1. The molecule has 0 saturated heterocycles. The minimum atomic E-state index is -4.56. The van der Waals surface area contributed by atoms with Crippen LogP contribution in [0, 0.1) is 0 Å². The number of rotatable bonds is 5. The summed E-state index contributed by atoms with van der Waals surface area (Å²) in [6, 6.07) is 3.31. The molecule has 0 aromatic heterocycles. The van der Waals surface area contributed by atoms with Crippen molar-refractivity contribution in [1.29, 1.82) is 0 Å². The van der Waals surface area contributed by atoms with Gasteiger partial charge in [-0.05, 0) is 18.2 Å². The predicted molar refractivity (Wildman–Crippen MR) is 71.8 cm³/mol. The molecule has 0 atom stereocenters. The summed E-state index contributed by atoms with van der Waals surface area (Å²) in [5, 5.41) is 2.48. The molecule has 114 valence electrons. The van der Waals surface area contributed by atoms with E-state index in [0.717, 1.165) is 10.4 Å². The molecule has 0 aliphatic rings. The fourth-order valence-electron chi connectivity index (χ4n) is 1.45. The largest absolute Gasteiger partial charge is 0.418 e. The van der Waals surface area contributed by atoms with Gasteiger partial charge in [-0.25, -0.2) is 12.7 Å². The summed E-state index contributed by atoms with van der Waals surface area (Å²) in [7, 11) is -0.738. The summed E-state index contributed by atoms with van der Waals surface area (Å²) in [6.45, 7) is -0.131. The van der Waals surface area contributed by atoms with Gasteiger partial charge in [0.15, 0.2) is 0 Å². The van der Waals surface area contributed by atoms with E-state index in [0.29, 0.717) is 0 Å². The highest BCUT2D eigenvalue weighted by atomic mass is 32.2.